The Balaban J connectivity index is 1.87. The first-order chi connectivity index (χ1) is 17.8. The topological polar surface area (TPSA) is 21.4 Å². The van der Waals surface area contributed by atoms with Crippen LogP contribution in [-0.4, -0.2) is 0 Å². The third-order valence-electron chi connectivity index (χ3n) is 6.78. The Hall–Kier alpha value is -3.90. The molecule has 0 bridgehead atoms. The van der Waals surface area contributed by atoms with Gasteiger partial charge in [-0.3, -0.25) is 0 Å². The van der Waals surface area contributed by atoms with Crippen molar-refractivity contribution in [1.29, 1.82) is 0 Å². The fraction of sp³-hybridized carbons (Fsp3) is 0.273. The summed E-state index contributed by atoms with van der Waals surface area (Å²) >= 11 is 0. The van der Waals surface area contributed by atoms with Crippen LogP contribution in [0.4, 0.5) is 5.69 Å². The number of nitrogens with zero attached hydrogens (tertiary/aromatic N) is 2. The monoisotopic (exact) mass is 475 g/mol. The number of fused-ring (bicyclic) bond motifs is 3. The normalized spacial score (nSPS) is 13.1. The Kier molecular flexibility index (Phi) is 5.13. The number of hydrogen-bond donors (Lipinski definition) is 0. The van der Waals surface area contributed by atoms with Crippen molar-refractivity contribution in [1.82, 2.24) is 0 Å². The number of rotatable bonds is 3. The first-order valence-corrected chi connectivity index (χ1v) is 12.3. The van der Waals surface area contributed by atoms with Crippen molar-refractivity contribution < 1.29 is 11.7 Å². The van der Waals surface area contributed by atoms with E-state index in [2.05, 4.69) is 47.5 Å². The number of benzene rings is 3. The van der Waals surface area contributed by atoms with Crippen molar-refractivity contribution in [2.45, 2.75) is 47.9 Å². The van der Waals surface area contributed by atoms with Gasteiger partial charge >= 0.3 is 0 Å². The lowest BCUT2D eigenvalue weighted by Crippen LogP contribution is -2.35. The molecule has 0 radical (unpaired) electrons. The highest BCUT2D eigenvalue weighted by atomic mass is 16.3. The molecular weight excluding hydrogens is 440 g/mol. The summed E-state index contributed by atoms with van der Waals surface area (Å²) < 4.78 is 26.7. The fourth-order valence-electron chi connectivity index (χ4n) is 4.95. The van der Waals surface area contributed by atoms with Gasteiger partial charge in [-0.15, -0.1) is 0 Å². The SMILES string of the molecule is [2H]C([2H])(c1cc(C)[n+](C)c(-c2c(C)ccc3c2oc2c(-c4ccc(C)cc4)c([N+]#[C-])ccc23)c1)C(C)(C)C. The number of pyridine rings is 1. The third kappa shape index (κ3) is 4.07. The van der Waals surface area contributed by atoms with Gasteiger partial charge in [0.2, 0.25) is 5.69 Å². The van der Waals surface area contributed by atoms with Crippen LogP contribution in [0.5, 0.6) is 0 Å². The number of aromatic nitrogens is 1. The predicted octanol–water partition coefficient (Wildman–Crippen LogP) is 8.81. The molecule has 36 heavy (non-hydrogen) atoms. The molecule has 3 heteroatoms. The molecule has 0 atom stereocenters. The zero-order chi connectivity index (χ0) is 27.6. The van der Waals surface area contributed by atoms with Gasteiger partial charge in [-0.05, 0) is 42.3 Å². The zero-order valence-corrected chi connectivity index (χ0v) is 22.1. The highest BCUT2D eigenvalue weighted by Crippen LogP contribution is 2.44. The molecule has 0 N–H and O–H groups in total. The molecule has 5 aromatic rings. The summed E-state index contributed by atoms with van der Waals surface area (Å²) in [5, 5.41) is 1.94. The molecule has 5 rings (SSSR count). The van der Waals surface area contributed by atoms with E-state index in [0.717, 1.165) is 55.6 Å². The van der Waals surface area contributed by atoms with Crippen LogP contribution < -0.4 is 4.57 Å². The van der Waals surface area contributed by atoms with Crippen molar-refractivity contribution in [3.05, 3.63) is 94.5 Å². The molecule has 180 valence electrons. The summed E-state index contributed by atoms with van der Waals surface area (Å²) in [5.41, 5.74) is 8.84. The lowest BCUT2D eigenvalue weighted by molar-refractivity contribution is -0.666. The van der Waals surface area contributed by atoms with Gasteiger partial charge in [-0.1, -0.05) is 74.9 Å². The molecule has 0 aliphatic rings. The van der Waals surface area contributed by atoms with Gasteiger partial charge < -0.3 is 4.42 Å². The highest BCUT2D eigenvalue weighted by molar-refractivity contribution is 6.15. The maximum Gasteiger partial charge on any atom is 0.216 e. The first kappa shape index (κ1) is 21.4. The smallest absolute Gasteiger partial charge is 0.216 e. The van der Waals surface area contributed by atoms with Crippen LogP contribution in [0.3, 0.4) is 0 Å². The van der Waals surface area contributed by atoms with Gasteiger partial charge in [0.05, 0.1) is 12.1 Å². The number of furan rings is 1. The van der Waals surface area contributed by atoms with Gasteiger partial charge in [-0.2, -0.15) is 4.57 Å². The second-order valence-electron chi connectivity index (χ2n) is 10.8. The Morgan fingerprint density at radius 3 is 2.17 bits per heavy atom. The Morgan fingerprint density at radius 2 is 1.53 bits per heavy atom. The van der Waals surface area contributed by atoms with E-state index in [9.17, 15) is 0 Å². The lowest BCUT2D eigenvalue weighted by Gasteiger charge is -2.18. The molecule has 3 nitrogen and oxygen atoms in total. The van der Waals surface area contributed by atoms with Crippen LogP contribution >= 0.6 is 0 Å². The number of aryl methyl sites for hydroxylation is 3. The molecule has 3 aromatic carbocycles. The van der Waals surface area contributed by atoms with Gasteiger partial charge in [0.15, 0.2) is 11.4 Å². The van der Waals surface area contributed by atoms with Crippen LogP contribution in [0.1, 0.15) is 45.9 Å². The van der Waals surface area contributed by atoms with E-state index >= 15 is 0 Å². The summed E-state index contributed by atoms with van der Waals surface area (Å²) in [7, 11) is 2.01. The minimum Gasteiger partial charge on any atom is -0.456 e. The Labute approximate surface area is 216 Å². The van der Waals surface area contributed by atoms with E-state index in [-0.39, 0.29) is 0 Å². The second kappa shape index (κ2) is 8.64. The van der Waals surface area contributed by atoms with Crippen LogP contribution in [-0.2, 0) is 13.4 Å². The summed E-state index contributed by atoms with van der Waals surface area (Å²) in [6.45, 7) is 19.7. The van der Waals surface area contributed by atoms with Crippen molar-refractivity contribution in [2.24, 2.45) is 12.5 Å². The molecule has 0 unspecified atom stereocenters. The first-order valence-electron chi connectivity index (χ1n) is 13.3. The lowest BCUT2D eigenvalue weighted by atomic mass is 9.87. The molecule has 0 spiro atoms. The molecule has 0 amide bonds. The predicted molar refractivity (Wildman–Crippen MR) is 149 cm³/mol. The van der Waals surface area contributed by atoms with Crippen molar-refractivity contribution in [3.63, 3.8) is 0 Å². The minimum atomic E-state index is -1.53. The van der Waals surface area contributed by atoms with E-state index in [4.69, 9.17) is 13.7 Å². The average molecular weight is 476 g/mol. The minimum absolute atomic E-state index is 0.556. The fourth-order valence-corrected chi connectivity index (χ4v) is 4.95. The van der Waals surface area contributed by atoms with Crippen molar-refractivity contribution in [3.8, 4) is 22.4 Å². The van der Waals surface area contributed by atoms with E-state index in [0.29, 0.717) is 16.8 Å². The Bertz CT molecular complexity index is 1760. The molecular formula is C33H33N2O+. The van der Waals surface area contributed by atoms with Crippen LogP contribution in [0.2, 0.25) is 0 Å². The largest absolute Gasteiger partial charge is 0.456 e. The van der Waals surface area contributed by atoms with Crippen LogP contribution in [0.15, 0.2) is 65.1 Å². The molecule has 0 saturated heterocycles. The van der Waals surface area contributed by atoms with E-state index in [1.54, 1.807) is 0 Å². The molecule has 2 heterocycles. The van der Waals surface area contributed by atoms with Gasteiger partial charge in [0.1, 0.15) is 18.2 Å². The van der Waals surface area contributed by atoms with E-state index < -0.39 is 11.8 Å². The highest BCUT2D eigenvalue weighted by Gasteiger charge is 2.25. The number of hydrogen-bond acceptors (Lipinski definition) is 1. The second-order valence-corrected chi connectivity index (χ2v) is 10.8. The van der Waals surface area contributed by atoms with E-state index in [1.807, 2.05) is 71.1 Å². The molecule has 0 aliphatic heterocycles. The van der Waals surface area contributed by atoms with Crippen molar-refractivity contribution in [2.75, 3.05) is 0 Å². The third-order valence-corrected chi connectivity index (χ3v) is 6.78. The van der Waals surface area contributed by atoms with Crippen LogP contribution in [0, 0.1) is 32.8 Å². The maximum atomic E-state index is 8.94. The zero-order valence-electron chi connectivity index (χ0n) is 24.1. The molecule has 0 aliphatic carbocycles. The van der Waals surface area contributed by atoms with Crippen LogP contribution in [0.25, 0.3) is 49.2 Å². The van der Waals surface area contributed by atoms with Gasteiger partial charge in [-0.25, -0.2) is 4.85 Å². The molecule has 0 saturated carbocycles. The van der Waals surface area contributed by atoms with Gasteiger partial charge in [0.25, 0.3) is 0 Å². The molecule has 0 fully saturated rings. The summed E-state index contributed by atoms with van der Waals surface area (Å²) in [5.74, 6) is 0. The summed E-state index contributed by atoms with van der Waals surface area (Å²) in [4.78, 5) is 3.82. The standard InChI is InChI=1S/C33H33N2O/c1-20-9-12-24(13-10-20)30-27(34-7)16-15-26-25-14-11-21(2)29(31(25)36-32(26)30)28-18-23(19-33(4,5)6)17-22(3)35(28)8/h9-18H,19H2,1-6,8H3/q+1/i19D2. The molecule has 2 aromatic heterocycles. The maximum absolute atomic E-state index is 8.94. The quantitative estimate of drug-likeness (QED) is 0.189. The average Bonchev–Trinajstić information content (AvgIpc) is 3.23. The van der Waals surface area contributed by atoms with Gasteiger partial charge in [0, 0.05) is 38.1 Å². The van der Waals surface area contributed by atoms with E-state index in [1.165, 1.54) is 0 Å². The summed E-state index contributed by atoms with van der Waals surface area (Å²) in [6, 6.07) is 20.1. The summed E-state index contributed by atoms with van der Waals surface area (Å²) in [6.07, 6.45) is -1.53. The Morgan fingerprint density at radius 1 is 0.889 bits per heavy atom. The van der Waals surface area contributed by atoms with Crippen molar-refractivity contribution >= 4 is 27.6 Å².